The molecular weight excluding hydrogens is 328 g/mol. The van der Waals surface area contributed by atoms with Gasteiger partial charge in [-0.25, -0.2) is 0 Å². The van der Waals surface area contributed by atoms with Gasteiger partial charge in [0.25, 0.3) is 5.91 Å². The molecule has 1 aliphatic heterocycles. The lowest BCUT2D eigenvalue weighted by molar-refractivity contribution is 0.0760. The van der Waals surface area contributed by atoms with Crippen LogP contribution < -0.4 is 0 Å². The van der Waals surface area contributed by atoms with Crippen LogP contribution in [0.4, 0.5) is 0 Å². The lowest BCUT2D eigenvalue weighted by atomic mass is 10.2. The van der Waals surface area contributed by atoms with Crippen molar-refractivity contribution in [3.63, 3.8) is 0 Å². The van der Waals surface area contributed by atoms with Crippen LogP contribution in [0.5, 0.6) is 0 Å². The van der Waals surface area contributed by atoms with Crippen molar-refractivity contribution < 1.29 is 9.21 Å². The standard InChI is InChI=1S/C17H21ClN4O2/c1-2-15-19-20-16(24-15)12-21-8-3-9-22(11-10-21)17(23)13-4-6-14(18)7-5-13/h4-7H,2-3,8-12H2,1H3. The van der Waals surface area contributed by atoms with Crippen LogP contribution in [0.1, 0.15) is 35.5 Å². The van der Waals surface area contributed by atoms with E-state index in [1.165, 1.54) is 0 Å². The fourth-order valence-electron chi connectivity index (χ4n) is 2.79. The quantitative estimate of drug-likeness (QED) is 0.850. The molecule has 1 saturated heterocycles. The Labute approximate surface area is 146 Å². The minimum absolute atomic E-state index is 0.0552. The Hall–Kier alpha value is -1.92. The Morgan fingerprint density at radius 2 is 1.88 bits per heavy atom. The van der Waals surface area contributed by atoms with Crippen LogP contribution in [0.15, 0.2) is 28.7 Å². The molecule has 0 aliphatic carbocycles. The molecule has 0 saturated carbocycles. The second kappa shape index (κ2) is 7.77. The van der Waals surface area contributed by atoms with E-state index in [1.54, 1.807) is 24.3 Å². The number of hydrogen-bond acceptors (Lipinski definition) is 5. The van der Waals surface area contributed by atoms with Gasteiger partial charge in [0.05, 0.1) is 6.54 Å². The summed E-state index contributed by atoms with van der Waals surface area (Å²) in [5.41, 5.74) is 0.678. The van der Waals surface area contributed by atoms with Crippen LogP contribution in [0, 0.1) is 0 Å². The molecule has 1 amide bonds. The number of amides is 1. The van der Waals surface area contributed by atoms with Crippen molar-refractivity contribution in [1.82, 2.24) is 20.0 Å². The summed E-state index contributed by atoms with van der Waals surface area (Å²) in [5.74, 6) is 1.36. The number of rotatable bonds is 4. The zero-order valence-corrected chi connectivity index (χ0v) is 14.5. The smallest absolute Gasteiger partial charge is 0.253 e. The van der Waals surface area contributed by atoms with Gasteiger partial charge in [0.2, 0.25) is 11.8 Å². The van der Waals surface area contributed by atoms with Crippen molar-refractivity contribution in [2.45, 2.75) is 26.3 Å². The van der Waals surface area contributed by atoms with E-state index in [4.69, 9.17) is 16.0 Å². The Kier molecular flexibility index (Phi) is 5.48. The fraction of sp³-hybridized carbons (Fsp3) is 0.471. The van der Waals surface area contributed by atoms with Crippen LogP contribution in [-0.4, -0.2) is 52.1 Å². The molecular formula is C17H21ClN4O2. The number of hydrogen-bond donors (Lipinski definition) is 0. The number of benzene rings is 1. The molecule has 2 heterocycles. The average molecular weight is 349 g/mol. The number of aryl methyl sites for hydroxylation is 1. The van der Waals surface area contributed by atoms with Crippen molar-refractivity contribution >= 4 is 17.5 Å². The minimum Gasteiger partial charge on any atom is -0.424 e. The molecule has 24 heavy (non-hydrogen) atoms. The van der Waals surface area contributed by atoms with Gasteiger partial charge in [-0.2, -0.15) is 0 Å². The van der Waals surface area contributed by atoms with E-state index in [-0.39, 0.29) is 5.91 Å². The summed E-state index contributed by atoms with van der Waals surface area (Å²) >= 11 is 5.89. The van der Waals surface area contributed by atoms with Crippen LogP contribution in [-0.2, 0) is 13.0 Å². The van der Waals surface area contributed by atoms with E-state index in [0.717, 1.165) is 32.5 Å². The third-order valence-electron chi connectivity index (χ3n) is 4.14. The van der Waals surface area contributed by atoms with E-state index in [9.17, 15) is 4.79 Å². The zero-order chi connectivity index (χ0) is 16.9. The van der Waals surface area contributed by atoms with Gasteiger partial charge in [0, 0.05) is 43.2 Å². The predicted molar refractivity (Wildman–Crippen MR) is 90.9 cm³/mol. The predicted octanol–water partition coefficient (Wildman–Crippen LogP) is 2.63. The van der Waals surface area contributed by atoms with Gasteiger partial charge in [-0.15, -0.1) is 10.2 Å². The Morgan fingerprint density at radius 1 is 1.12 bits per heavy atom. The van der Waals surface area contributed by atoms with Crippen LogP contribution in [0.25, 0.3) is 0 Å². The molecule has 1 aromatic heterocycles. The number of halogens is 1. The van der Waals surface area contributed by atoms with E-state index in [1.807, 2.05) is 11.8 Å². The first-order valence-corrected chi connectivity index (χ1v) is 8.62. The molecule has 0 bridgehead atoms. The van der Waals surface area contributed by atoms with Crippen LogP contribution in [0.2, 0.25) is 5.02 Å². The highest BCUT2D eigenvalue weighted by Crippen LogP contribution is 2.14. The van der Waals surface area contributed by atoms with Gasteiger partial charge in [-0.3, -0.25) is 9.69 Å². The first kappa shape index (κ1) is 16.9. The summed E-state index contributed by atoms with van der Waals surface area (Å²) in [6, 6.07) is 7.05. The second-order valence-corrected chi connectivity index (χ2v) is 6.31. The fourth-order valence-corrected chi connectivity index (χ4v) is 2.92. The van der Waals surface area contributed by atoms with Gasteiger partial charge in [-0.05, 0) is 30.7 Å². The lowest BCUT2D eigenvalue weighted by Gasteiger charge is -2.21. The van der Waals surface area contributed by atoms with Crippen molar-refractivity contribution in [2.75, 3.05) is 26.2 Å². The maximum Gasteiger partial charge on any atom is 0.253 e. The summed E-state index contributed by atoms with van der Waals surface area (Å²) in [4.78, 5) is 16.7. The molecule has 1 aliphatic rings. The summed E-state index contributed by atoms with van der Waals surface area (Å²) in [5, 5.41) is 8.70. The third-order valence-corrected chi connectivity index (χ3v) is 4.39. The Balaban J connectivity index is 1.58. The minimum atomic E-state index is 0.0552. The van der Waals surface area contributed by atoms with Crippen LogP contribution in [0.3, 0.4) is 0 Å². The summed E-state index contributed by atoms with van der Waals surface area (Å²) in [6.07, 6.45) is 1.67. The number of nitrogens with zero attached hydrogens (tertiary/aromatic N) is 4. The molecule has 0 N–H and O–H groups in total. The molecule has 6 nitrogen and oxygen atoms in total. The maximum atomic E-state index is 12.6. The normalized spacial score (nSPS) is 16.2. The first-order valence-electron chi connectivity index (χ1n) is 8.24. The van der Waals surface area contributed by atoms with E-state index in [2.05, 4.69) is 15.1 Å². The van der Waals surface area contributed by atoms with Gasteiger partial charge < -0.3 is 9.32 Å². The van der Waals surface area contributed by atoms with Crippen molar-refractivity contribution in [3.05, 3.63) is 46.6 Å². The highest BCUT2D eigenvalue weighted by molar-refractivity contribution is 6.30. The molecule has 128 valence electrons. The number of carbonyl (C=O) groups is 1. The second-order valence-electron chi connectivity index (χ2n) is 5.87. The van der Waals surface area contributed by atoms with Crippen molar-refractivity contribution in [2.24, 2.45) is 0 Å². The van der Waals surface area contributed by atoms with E-state index in [0.29, 0.717) is 35.5 Å². The zero-order valence-electron chi connectivity index (χ0n) is 13.7. The molecule has 2 aromatic rings. The summed E-state index contributed by atoms with van der Waals surface area (Å²) < 4.78 is 5.57. The number of aromatic nitrogens is 2. The Morgan fingerprint density at radius 3 is 2.58 bits per heavy atom. The van der Waals surface area contributed by atoms with Gasteiger partial charge in [-0.1, -0.05) is 18.5 Å². The van der Waals surface area contributed by atoms with Gasteiger partial charge >= 0.3 is 0 Å². The van der Waals surface area contributed by atoms with Crippen molar-refractivity contribution in [3.8, 4) is 0 Å². The van der Waals surface area contributed by atoms with Gasteiger partial charge in [0.1, 0.15) is 0 Å². The first-order chi connectivity index (χ1) is 11.7. The van der Waals surface area contributed by atoms with E-state index >= 15 is 0 Å². The summed E-state index contributed by atoms with van der Waals surface area (Å²) in [6.45, 7) is 5.77. The lowest BCUT2D eigenvalue weighted by Crippen LogP contribution is -2.35. The van der Waals surface area contributed by atoms with Gasteiger partial charge in [0.15, 0.2) is 0 Å². The largest absolute Gasteiger partial charge is 0.424 e. The van der Waals surface area contributed by atoms with Crippen LogP contribution >= 0.6 is 11.6 Å². The molecule has 1 aromatic carbocycles. The average Bonchev–Trinajstić information content (AvgIpc) is 2.92. The van der Waals surface area contributed by atoms with Crippen molar-refractivity contribution in [1.29, 1.82) is 0 Å². The monoisotopic (exact) mass is 348 g/mol. The topological polar surface area (TPSA) is 62.5 Å². The molecule has 7 heteroatoms. The SMILES string of the molecule is CCc1nnc(CN2CCCN(C(=O)c3ccc(Cl)cc3)CC2)o1. The molecule has 1 fully saturated rings. The van der Waals surface area contributed by atoms with E-state index < -0.39 is 0 Å². The third kappa shape index (κ3) is 4.13. The highest BCUT2D eigenvalue weighted by atomic mass is 35.5. The highest BCUT2D eigenvalue weighted by Gasteiger charge is 2.21. The molecule has 0 radical (unpaired) electrons. The molecule has 3 rings (SSSR count). The maximum absolute atomic E-state index is 12.6. The number of carbonyl (C=O) groups excluding carboxylic acids is 1. The molecule has 0 atom stereocenters. The molecule has 0 unspecified atom stereocenters. The Bertz CT molecular complexity index is 686. The summed E-state index contributed by atoms with van der Waals surface area (Å²) in [7, 11) is 0. The molecule has 0 spiro atoms.